The molecule has 22 heavy (non-hydrogen) atoms. The van der Waals surface area contributed by atoms with Gasteiger partial charge in [-0.05, 0) is 56.3 Å². The number of hydrogen-bond donors (Lipinski definition) is 2. The molecule has 2 unspecified atom stereocenters. The van der Waals surface area contributed by atoms with E-state index in [2.05, 4.69) is 5.32 Å². The molecule has 0 bridgehead atoms. The van der Waals surface area contributed by atoms with Crippen LogP contribution in [0.5, 0.6) is 5.75 Å². The van der Waals surface area contributed by atoms with Crippen molar-refractivity contribution in [2.24, 2.45) is 11.7 Å². The summed E-state index contributed by atoms with van der Waals surface area (Å²) >= 11 is 0. The molecule has 3 N–H and O–H groups in total. The maximum Gasteiger partial charge on any atom is 0.220 e. The zero-order valence-corrected chi connectivity index (χ0v) is 14.0. The standard InChI is InChI=1S/C17H26N2O2.ClH/c1-13-5-2-7-15(11-13)21-10-4-9-17(20)19-16-8-3-6-14(16)12-18;/h2,5,7,11,14,16H,3-4,6,8-10,12,18H2,1H3,(H,19,20);1H. The van der Waals surface area contributed by atoms with Crippen LogP contribution in [0.2, 0.25) is 0 Å². The number of rotatable bonds is 7. The third kappa shape index (κ3) is 5.85. The van der Waals surface area contributed by atoms with E-state index in [4.69, 9.17) is 10.5 Å². The van der Waals surface area contributed by atoms with Crippen molar-refractivity contribution >= 4 is 18.3 Å². The first-order valence-corrected chi connectivity index (χ1v) is 7.88. The number of carbonyl (C=O) groups is 1. The van der Waals surface area contributed by atoms with Gasteiger partial charge in [-0.25, -0.2) is 0 Å². The molecule has 1 fully saturated rings. The summed E-state index contributed by atoms with van der Waals surface area (Å²) in [5, 5.41) is 3.11. The highest BCUT2D eigenvalue weighted by molar-refractivity contribution is 5.85. The van der Waals surface area contributed by atoms with E-state index in [-0.39, 0.29) is 24.4 Å². The van der Waals surface area contributed by atoms with Crippen molar-refractivity contribution < 1.29 is 9.53 Å². The topological polar surface area (TPSA) is 64.3 Å². The minimum Gasteiger partial charge on any atom is -0.494 e. The molecule has 1 saturated carbocycles. The molecule has 0 saturated heterocycles. The lowest BCUT2D eigenvalue weighted by Gasteiger charge is -2.19. The number of aryl methyl sites for hydroxylation is 1. The van der Waals surface area contributed by atoms with E-state index >= 15 is 0 Å². The third-order valence-electron chi connectivity index (χ3n) is 4.11. The lowest BCUT2D eigenvalue weighted by atomic mass is 10.0. The average Bonchev–Trinajstić information content (AvgIpc) is 2.91. The van der Waals surface area contributed by atoms with E-state index in [0.717, 1.165) is 25.0 Å². The summed E-state index contributed by atoms with van der Waals surface area (Å²) in [5.41, 5.74) is 6.91. The largest absolute Gasteiger partial charge is 0.494 e. The number of carbonyl (C=O) groups excluding carboxylic acids is 1. The van der Waals surface area contributed by atoms with E-state index < -0.39 is 0 Å². The summed E-state index contributed by atoms with van der Waals surface area (Å²) in [4.78, 5) is 11.9. The van der Waals surface area contributed by atoms with Crippen LogP contribution in [0.25, 0.3) is 0 Å². The van der Waals surface area contributed by atoms with Gasteiger partial charge in [-0.15, -0.1) is 12.4 Å². The molecule has 0 aliphatic heterocycles. The summed E-state index contributed by atoms with van der Waals surface area (Å²) in [6.45, 7) is 3.28. The molecule has 4 nitrogen and oxygen atoms in total. The Hall–Kier alpha value is -1.26. The van der Waals surface area contributed by atoms with Gasteiger partial charge in [0.05, 0.1) is 6.61 Å². The van der Waals surface area contributed by atoms with Crippen molar-refractivity contribution in [3.05, 3.63) is 29.8 Å². The first kappa shape index (κ1) is 18.8. The molecule has 1 aliphatic rings. The van der Waals surface area contributed by atoms with Crippen molar-refractivity contribution in [3.63, 3.8) is 0 Å². The lowest BCUT2D eigenvalue weighted by molar-refractivity contribution is -0.122. The quantitative estimate of drug-likeness (QED) is 0.757. The van der Waals surface area contributed by atoms with Gasteiger partial charge in [0, 0.05) is 12.5 Å². The zero-order chi connectivity index (χ0) is 15.1. The Morgan fingerprint density at radius 3 is 2.95 bits per heavy atom. The van der Waals surface area contributed by atoms with Gasteiger partial charge in [-0.2, -0.15) is 0 Å². The van der Waals surface area contributed by atoms with Gasteiger partial charge >= 0.3 is 0 Å². The molecular formula is C17H27ClN2O2. The fourth-order valence-corrected chi connectivity index (χ4v) is 2.92. The van der Waals surface area contributed by atoms with Crippen LogP contribution in [0.1, 0.15) is 37.7 Å². The van der Waals surface area contributed by atoms with Crippen LogP contribution >= 0.6 is 12.4 Å². The molecule has 2 atom stereocenters. The third-order valence-corrected chi connectivity index (χ3v) is 4.11. The molecule has 0 aromatic heterocycles. The Morgan fingerprint density at radius 2 is 2.23 bits per heavy atom. The highest BCUT2D eigenvalue weighted by Crippen LogP contribution is 2.24. The molecule has 5 heteroatoms. The lowest BCUT2D eigenvalue weighted by Crippen LogP contribution is -2.39. The van der Waals surface area contributed by atoms with Gasteiger partial charge in [0.1, 0.15) is 5.75 Å². The van der Waals surface area contributed by atoms with E-state index in [0.29, 0.717) is 25.5 Å². The van der Waals surface area contributed by atoms with Crippen molar-refractivity contribution in [2.75, 3.05) is 13.2 Å². The molecule has 1 aliphatic carbocycles. The van der Waals surface area contributed by atoms with Crippen molar-refractivity contribution in [3.8, 4) is 5.75 Å². The van der Waals surface area contributed by atoms with Gasteiger partial charge < -0.3 is 15.8 Å². The number of halogens is 1. The van der Waals surface area contributed by atoms with Crippen LogP contribution in [-0.2, 0) is 4.79 Å². The SMILES string of the molecule is Cc1cccc(OCCCC(=O)NC2CCCC2CN)c1.Cl. The number of amides is 1. The summed E-state index contributed by atoms with van der Waals surface area (Å²) in [5.74, 6) is 1.44. The smallest absolute Gasteiger partial charge is 0.220 e. The van der Waals surface area contributed by atoms with Gasteiger partial charge in [0.15, 0.2) is 0 Å². The average molecular weight is 327 g/mol. The predicted octanol–water partition coefficient (Wildman–Crippen LogP) is 2.82. The summed E-state index contributed by atoms with van der Waals surface area (Å²) in [6, 6.07) is 8.24. The molecule has 1 aromatic carbocycles. The summed E-state index contributed by atoms with van der Waals surface area (Å²) in [6.07, 6.45) is 4.62. The minimum atomic E-state index is 0. The molecule has 2 rings (SSSR count). The molecule has 1 amide bonds. The molecule has 124 valence electrons. The molecular weight excluding hydrogens is 300 g/mol. The number of hydrogen-bond acceptors (Lipinski definition) is 3. The fourth-order valence-electron chi connectivity index (χ4n) is 2.92. The Morgan fingerprint density at radius 1 is 1.41 bits per heavy atom. The van der Waals surface area contributed by atoms with Crippen LogP contribution in [0, 0.1) is 12.8 Å². The van der Waals surface area contributed by atoms with E-state index in [1.807, 2.05) is 31.2 Å². The Labute approximate surface area is 139 Å². The highest BCUT2D eigenvalue weighted by Gasteiger charge is 2.26. The maximum absolute atomic E-state index is 11.9. The molecule has 0 spiro atoms. The van der Waals surface area contributed by atoms with Crippen LogP contribution < -0.4 is 15.8 Å². The molecule has 0 heterocycles. The van der Waals surface area contributed by atoms with Crippen LogP contribution in [0.3, 0.4) is 0 Å². The number of nitrogens with one attached hydrogen (secondary N) is 1. The van der Waals surface area contributed by atoms with Gasteiger partial charge in [-0.3, -0.25) is 4.79 Å². The van der Waals surface area contributed by atoms with Gasteiger partial charge in [0.2, 0.25) is 5.91 Å². The summed E-state index contributed by atoms with van der Waals surface area (Å²) in [7, 11) is 0. The second-order valence-corrected chi connectivity index (χ2v) is 5.87. The van der Waals surface area contributed by atoms with Gasteiger partial charge in [-0.1, -0.05) is 18.6 Å². The van der Waals surface area contributed by atoms with Crippen molar-refractivity contribution in [2.45, 2.75) is 45.1 Å². The second kappa shape index (κ2) is 9.70. The molecule has 0 radical (unpaired) electrons. The summed E-state index contributed by atoms with van der Waals surface area (Å²) < 4.78 is 5.65. The Balaban J connectivity index is 0.00000242. The zero-order valence-electron chi connectivity index (χ0n) is 13.2. The van der Waals surface area contributed by atoms with E-state index in [9.17, 15) is 4.79 Å². The van der Waals surface area contributed by atoms with Crippen molar-refractivity contribution in [1.82, 2.24) is 5.32 Å². The van der Waals surface area contributed by atoms with Crippen LogP contribution in [0.15, 0.2) is 24.3 Å². The van der Waals surface area contributed by atoms with E-state index in [1.54, 1.807) is 0 Å². The first-order valence-electron chi connectivity index (χ1n) is 7.88. The molecule has 1 aromatic rings. The monoisotopic (exact) mass is 326 g/mol. The highest BCUT2D eigenvalue weighted by atomic mass is 35.5. The van der Waals surface area contributed by atoms with Crippen LogP contribution in [-0.4, -0.2) is 25.1 Å². The normalized spacial score (nSPS) is 20.3. The van der Waals surface area contributed by atoms with E-state index in [1.165, 1.54) is 12.0 Å². The van der Waals surface area contributed by atoms with Crippen LogP contribution in [0.4, 0.5) is 0 Å². The maximum atomic E-state index is 11.9. The number of ether oxygens (including phenoxy) is 1. The van der Waals surface area contributed by atoms with Crippen molar-refractivity contribution in [1.29, 1.82) is 0 Å². The minimum absolute atomic E-state index is 0. The fraction of sp³-hybridized carbons (Fsp3) is 0.588. The Bertz CT molecular complexity index is 468. The second-order valence-electron chi connectivity index (χ2n) is 5.87. The Kier molecular flexibility index (Phi) is 8.28. The first-order chi connectivity index (χ1) is 10.2. The number of benzene rings is 1. The van der Waals surface area contributed by atoms with Gasteiger partial charge in [0.25, 0.3) is 0 Å². The predicted molar refractivity (Wildman–Crippen MR) is 91.5 cm³/mol. The number of nitrogens with two attached hydrogens (primary N) is 1.